The molecular formula is C13H16BrClF2O2. The van der Waals surface area contributed by atoms with Crippen LogP contribution in [0.4, 0.5) is 8.78 Å². The fraction of sp³-hybridized carbons (Fsp3) is 0.538. The molecule has 0 fully saturated rings. The zero-order valence-electron chi connectivity index (χ0n) is 10.5. The molecule has 1 rings (SSSR count). The van der Waals surface area contributed by atoms with E-state index in [1.165, 1.54) is 0 Å². The van der Waals surface area contributed by atoms with Gasteiger partial charge in [0.15, 0.2) is 0 Å². The molecular weight excluding hydrogens is 341 g/mol. The molecule has 0 saturated heterocycles. The first kappa shape index (κ1) is 16.7. The van der Waals surface area contributed by atoms with E-state index in [0.29, 0.717) is 13.0 Å². The van der Waals surface area contributed by atoms with Crippen LogP contribution in [0.1, 0.15) is 24.3 Å². The molecule has 0 aliphatic heterocycles. The Morgan fingerprint density at radius 3 is 2.68 bits per heavy atom. The Bertz CT molecular complexity index is 391. The molecule has 1 aromatic carbocycles. The average molecular weight is 358 g/mol. The summed E-state index contributed by atoms with van der Waals surface area (Å²) in [5.74, 6) is 0.754. The fourth-order valence-electron chi connectivity index (χ4n) is 1.51. The first-order valence-electron chi connectivity index (χ1n) is 5.96. The maximum absolute atomic E-state index is 11.9. The average Bonchev–Trinajstić information content (AvgIpc) is 2.36. The zero-order chi connectivity index (χ0) is 14.3. The number of rotatable bonds is 8. The lowest BCUT2D eigenvalue weighted by Crippen LogP contribution is -2.07. The Hall–Kier alpha value is -0.390. The monoisotopic (exact) mass is 356 g/mol. The summed E-state index contributed by atoms with van der Waals surface area (Å²) in [5.41, 5.74) is 0.901. The van der Waals surface area contributed by atoms with Gasteiger partial charge < -0.3 is 9.47 Å². The molecule has 19 heavy (non-hydrogen) atoms. The second kappa shape index (κ2) is 8.72. The van der Waals surface area contributed by atoms with E-state index < -0.39 is 13.0 Å². The largest absolute Gasteiger partial charge is 0.493 e. The summed E-state index contributed by atoms with van der Waals surface area (Å²) in [6.07, 6.45) is -1.96. The summed E-state index contributed by atoms with van der Waals surface area (Å²) in [6.45, 7) is 2.16. The van der Waals surface area contributed by atoms with Gasteiger partial charge in [0.2, 0.25) is 0 Å². The van der Waals surface area contributed by atoms with Gasteiger partial charge in [0.05, 0.1) is 16.5 Å². The van der Waals surface area contributed by atoms with E-state index >= 15 is 0 Å². The molecule has 0 radical (unpaired) electrons. The number of alkyl halides is 3. The summed E-state index contributed by atoms with van der Waals surface area (Å²) in [7, 11) is 0. The van der Waals surface area contributed by atoms with Crippen molar-refractivity contribution in [3.63, 3.8) is 0 Å². The Morgan fingerprint density at radius 2 is 2.11 bits per heavy atom. The molecule has 0 heterocycles. The highest BCUT2D eigenvalue weighted by atomic mass is 79.9. The van der Waals surface area contributed by atoms with Gasteiger partial charge in [-0.3, -0.25) is 0 Å². The SMILES string of the molecule is CCOc1ccc(C(Cl)CCOCC(F)F)cc1Br. The summed E-state index contributed by atoms with van der Waals surface area (Å²) in [4.78, 5) is 0. The van der Waals surface area contributed by atoms with Crippen LogP contribution in [-0.2, 0) is 4.74 Å². The maximum atomic E-state index is 11.9. The normalized spacial score (nSPS) is 12.7. The van der Waals surface area contributed by atoms with Gasteiger partial charge in [-0.15, -0.1) is 11.6 Å². The van der Waals surface area contributed by atoms with E-state index in [4.69, 9.17) is 21.1 Å². The minimum absolute atomic E-state index is 0.212. The smallest absolute Gasteiger partial charge is 0.261 e. The highest BCUT2D eigenvalue weighted by molar-refractivity contribution is 9.10. The van der Waals surface area contributed by atoms with E-state index in [9.17, 15) is 8.78 Å². The fourth-order valence-corrected chi connectivity index (χ4v) is 2.25. The summed E-state index contributed by atoms with van der Waals surface area (Å²) >= 11 is 9.60. The van der Waals surface area contributed by atoms with Crippen LogP contribution in [0.25, 0.3) is 0 Å². The van der Waals surface area contributed by atoms with Gasteiger partial charge in [0.25, 0.3) is 6.43 Å². The van der Waals surface area contributed by atoms with Crippen LogP contribution in [0, 0.1) is 0 Å². The molecule has 108 valence electrons. The predicted molar refractivity (Wildman–Crippen MR) is 75.3 cm³/mol. The number of hydrogen-bond acceptors (Lipinski definition) is 2. The van der Waals surface area contributed by atoms with Crippen molar-refractivity contribution >= 4 is 27.5 Å². The first-order valence-corrected chi connectivity index (χ1v) is 7.19. The molecule has 1 unspecified atom stereocenters. The molecule has 0 aromatic heterocycles. The van der Waals surface area contributed by atoms with E-state index in [-0.39, 0.29) is 12.0 Å². The van der Waals surface area contributed by atoms with Crippen molar-refractivity contribution in [1.82, 2.24) is 0 Å². The molecule has 0 amide bonds. The number of hydrogen-bond donors (Lipinski definition) is 0. The third-order valence-electron chi connectivity index (χ3n) is 2.38. The first-order chi connectivity index (χ1) is 9.04. The molecule has 0 N–H and O–H groups in total. The van der Waals surface area contributed by atoms with E-state index in [1.54, 1.807) is 0 Å². The molecule has 0 spiro atoms. The van der Waals surface area contributed by atoms with Gasteiger partial charge in [0.1, 0.15) is 12.4 Å². The minimum Gasteiger partial charge on any atom is -0.493 e. The van der Waals surface area contributed by atoms with Crippen LogP contribution < -0.4 is 4.74 Å². The molecule has 0 saturated carbocycles. The minimum atomic E-state index is -2.44. The van der Waals surface area contributed by atoms with Crippen molar-refractivity contribution < 1.29 is 18.3 Å². The molecule has 0 bridgehead atoms. The lowest BCUT2D eigenvalue weighted by atomic mass is 10.1. The Kier molecular flexibility index (Phi) is 7.64. The van der Waals surface area contributed by atoms with Crippen LogP contribution in [0.3, 0.4) is 0 Å². The molecule has 1 atom stereocenters. The topological polar surface area (TPSA) is 18.5 Å². The quantitative estimate of drug-likeness (QED) is 0.491. The second-order valence-electron chi connectivity index (χ2n) is 3.85. The van der Waals surface area contributed by atoms with E-state index in [0.717, 1.165) is 15.8 Å². The summed E-state index contributed by atoms with van der Waals surface area (Å²) < 4.78 is 34.8. The van der Waals surface area contributed by atoms with Crippen molar-refractivity contribution in [2.24, 2.45) is 0 Å². The van der Waals surface area contributed by atoms with Crippen molar-refractivity contribution in [1.29, 1.82) is 0 Å². The van der Waals surface area contributed by atoms with Gasteiger partial charge in [0, 0.05) is 6.61 Å². The van der Waals surface area contributed by atoms with Gasteiger partial charge in [-0.1, -0.05) is 6.07 Å². The van der Waals surface area contributed by atoms with Crippen LogP contribution in [-0.4, -0.2) is 26.2 Å². The van der Waals surface area contributed by atoms with Gasteiger partial charge in [-0.2, -0.15) is 0 Å². The molecule has 6 heteroatoms. The predicted octanol–water partition coefficient (Wildman–Crippen LogP) is 4.80. The second-order valence-corrected chi connectivity index (χ2v) is 5.23. The zero-order valence-corrected chi connectivity index (χ0v) is 12.9. The van der Waals surface area contributed by atoms with E-state index in [1.807, 2.05) is 25.1 Å². The number of benzene rings is 1. The number of ether oxygens (including phenoxy) is 2. The molecule has 2 nitrogen and oxygen atoms in total. The van der Waals surface area contributed by atoms with Crippen LogP contribution in [0.5, 0.6) is 5.75 Å². The van der Waals surface area contributed by atoms with Crippen LogP contribution >= 0.6 is 27.5 Å². The van der Waals surface area contributed by atoms with Gasteiger partial charge in [-0.05, 0) is 47.0 Å². The summed E-state index contributed by atoms with van der Waals surface area (Å²) in [6, 6.07) is 5.56. The van der Waals surface area contributed by atoms with Crippen LogP contribution in [0.2, 0.25) is 0 Å². The van der Waals surface area contributed by atoms with Crippen LogP contribution in [0.15, 0.2) is 22.7 Å². The number of halogens is 4. The third-order valence-corrected chi connectivity index (χ3v) is 3.47. The van der Waals surface area contributed by atoms with Crippen molar-refractivity contribution in [3.8, 4) is 5.75 Å². The van der Waals surface area contributed by atoms with Crippen molar-refractivity contribution in [3.05, 3.63) is 28.2 Å². The summed E-state index contributed by atoms with van der Waals surface area (Å²) in [5, 5.41) is -0.273. The Labute approximate surface area is 125 Å². The van der Waals surface area contributed by atoms with Gasteiger partial charge >= 0.3 is 0 Å². The Balaban J connectivity index is 2.48. The standard InChI is InChI=1S/C13H16BrClF2O2/c1-2-19-12-4-3-9(7-10(12)14)11(15)5-6-18-8-13(16)17/h3-4,7,11,13H,2,5-6,8H2,1H3. The van der Waals surface area contributed by atoms with Gasteiger partial charge in [-0.25, -0.2) is 8.78 Å². The Morgan fingerprint density at radius 1 is 1.37 bits per heavy atom. The maximum Gasteiger partial charge on any atom is 0.261 e. The molecule has 0 aliphatic rings. The van der Waals surface area contributed by atoms with E-state index in [2.05, 4.69) is 15.9 Å². The highest BCUT2D eigenvalue weighted by Gasteiger charge is 2.11. The van der Waals surface area contributed by atoms with Crippen molar-refractivity contribution in [2.45, 2.75) is 25.1 Å². The lowest BCUT2D eigenvalue weighted by Gasteiger charge is -2.12. The lowest BCUT2D eigenvalue weighted by molar-refractivity contribution is 0.0165. The third kappa shape index (κ3) is 6.06. The van der Waals surface area contributed by atoms with Crippen molar-refractivity contribution in [2.75, 3.05) is 19.8 Å². The molecule has 1 aromatic rings. The highest BCUT2D eigenvalue weighted by Crippen LogP contribution is 2.32. The molecule has 0 aliphatic carbocycles.